The maximum Gasteiger partial charge on any atom is 0.180 e. The molecule has 0 aliphatic heterocycles. The van der Waals surface area contributed by atoms with Gasteiger partial charge < -0.3 is 5.73 Å². The number of rotatable bonds is 6. The summed E-state index contributed by atoms with van der Waals surface area (Å²) in [5.74, 6) is 0.409. The standard InChI is InChI=1S/C20H22N4O2S/c1-14(2)27(25,26)17-6-4-16(5-7-17)19-13-23-20(21)18(24-19)8-3-15-9-11-22-12-10-15/h4-7,9-14H,3,8H2,1-2H3,(H2,21,23). The van der Waals surface area contributed by atoms with Gasteiger partial charge in [0.15, 0.2) is 9.84 Å². The van der Waals surface area contributed by atoms with Gasteiger partial charge in [0, 0.05) is 18.0 Å². The Bertz CT molecular complexity index is 1020. The fourth-order valence-corrected chi connectivity index (χ4v) is 3.72. The zero-order valence-electron chi connectivity index (χ0n) is 15.3. The van der Waals surface area contributed by atoms with Crippen molar-refractivity contribution in [1.29, 1.82) is 0 Å². The minimum Gasteiger partial charge on any atom is -0.382 e. The molecule has 0 bridgehead atoms. The third-order valence-electron chi connectivity index (χ3n) is 4.38. The molecule has 0 radical (unpaired) electrons. The van der Waals surface area contributed by atoms with E-state index in [1.807, 2.05) is 12.1 Å². The summed E-state index contributed by atoms with van der Waals surface area (Å²) in [6.07, 6.45) is 6.57. The molecule has 7 heteroatoms. The molecule has 140 valence electrons. The van der Waals surface area contributed by atoms with Gasteiger partial charge in [-0.2, -0.15) is 0 Å². The Hall–Kier alpha value is -2.80. The topological polar surface area (TPSA) is 98.8 Å². The van der Waals surface area contributed by atoms with Crippen molar-refractivity contribution < 1.29 is 8.42 Å². The second kappa shape index (κ2) is 7.84. The van der Waals surface area contributed by atoms with Crippen LogP contribution in [0.25, 0.3) is 11.3 Å². The zero-order chi connectivity index (χ0) is 19.4. The van der Waals surface area contributed by atoms with Gasteiger partial charge in [0.05, 0.1) is 27.7 Å². The van der Waals surface area contributed by atoms with Crippen LogP contribution in [0.4, 0.5) is 5.82 Å². The van der Waals surface area contributed by atoms with Gasteiger partial charge in [-0.3, -0.25) is 4.98 Å². The minimum absolute atomic E-state index is 0.308. The fourth-order valence-electron chi connectivity index (χ4n) is 2.66. The van der Waals surface area contributed by atoms with E-state index in [2.05, 4.69) is 15.0 Å². The molecule has 3 aromatic rings. The number of aromatic nitrogens is 3. The molecule has 2 N–H and O–H groups in total. The van der Waals surface area contributed by atoms with Crippen molar-refractivity contribution in [2.75, 3.05) is 5.73 Å². The summed E-state index contributed by atoms with van der Waals surface area (Å²) in [6.45, 7) is 3.34. The molecule has 0 saturated carbocycles. The average molecular weight is 382 g/mol. The van der Waals surface area contributed by atoms with E-state index in [0.29, 0.717) is 22.8 Å². The van der Waals surface area contributed by atoms with Crippen LogP contribution in [0.15, 0.2) is 59.9 Å². The molecule has 2 heterocycles. The maximum atomic E-state index is 12.2. The Labute approximate surface area is 159 Å². The number of anilines is 1. The number of nitrogen functional groups attached to an aromatic ring is 1. The Morgan fingerprint density at radius 1 is 1.00 bits per heavy atom. The first kappa shape index (κ1) is 19.0. The van der Waals surface area contributed by atoms with Crippen LogP contribution in [-0.4, -0.2) is 28.6 Å². The molecule has 1 aromatic carbocycles. The highest BCUT2D eigenvalue weighted by Crippen LogP contribution is 2.23. The van der Waals surface area contributed by atoms with Gasteiger partial charge >= 0.3 is 0 Å². The highest BCUT2D eigenvalue weighted by molar-refractivity contribution is 7.92. The Balaban J connectivity index is 1.83. The van der Waals surface area contributed by atoms with Crippen LogP contribution in [0, 0.1) is 0 Å². The van der Waals surface area contributed by atoms with E-state index < -0.39 is 15.1 Å². The summed E-state index contributed by atoms with van der Waals surface area (Å²) in [7, 11) is -3.29. The molecular formula is C20H22N4O2S. The lowest BCUT2D eigenvalue weighted by Crippen LogP contribution is -2.13. The van der Waals surface area contributed by atoms with Gasteiger partial charge in [0.25, 0.3) is 0 Å². The smallest absolute Gasteiger partial charge is 0.180 e. The number of pyridine rings is 1. The van der Waals surface area contributed by atoms with Gasteiger partial charge in [-0.05, 0) is 56.5 Å². The fraction of sp³-hybridized carbons (Fsp3) is 0.250. The average Bonchev–Trinajstić information content (AvgIpc) is 2.68. The molecule has 0 saturated heterocycles. The van der Waals surface area contributed by atoms with Crippen molar-refractivity contribution in [3.63, 3.8) is 0 Å². The van der Waals surface area contributed by atoms with Crippen molar-refractivity contribution in [3.05, 3.63) is 66.2 Å². The Kier molecular flexibility index (Phi) is 5.51. The van der Waals surface area contributed by atoms with Crippen LogP contribution in [0.1, 0.15) is 25.1 Å². The molecule has 27 heavy (non-hydrogen) atoms. The first-order chi connectivity index (χ1) is 12.9. The van der Waals surface area contributed by atoms with E-state index >= 15 is 0 Å². The maximum absolute atomic E-state index is 12.2. The summed E-state index contributed by atoms with van der Waals surface area (Å²) < 4.78 is 24.5. The number of nitrogens with zero attached hydrogens (tertiary/aromatic N) is 3. The third kappa shape index (κ3) is 4.31. The number of hydrogen-bond acceptors (Lipinski definition) is 6. The van der Waals surface area contributed by atoms with Gasteiger partial charge in [-0.15, -0.1) is 0 Å². The van der Waals surface area contributed by atoms with Crippen LogP contribution in [0.5, 0.6) is 0 Å². The van der Waals surface area contributed by atoms with E-state index in [1.54, 1.807) is 56.7 Å². The molecule has 0 aliphatic carbocycles. The lowest BCUT2D eigenvalue weighted by Gasteiger charge is -2.10. The predicted octanol–water partition coefficient (Wildman–Crippen LogP) is 3.09. The second-order valence-corrected chi connectivity index (χ2v) is 9.07. The summed E-state index contributed by atoms with van der Waals surface area (Å²) >= 11 is 0. The van der Waals surface area contributed by atoms with E-state index in [1.165, 1.54) is 0 Å². The van der Waals surface area contributed by atoms with Crippen LogP contribution in [0.3, 0.4) is 0 Å². The lowest BCUT2D eigenvalue weighted by atomic mass is 10.1. The second-order valence-electron chi connectivity index (χ2n) is 6.56. The summed E-state index contributed by atoms with van der Waals surface area (Å²) in [6, 6.07) is 10.6. The van der Waals surface area contributed by atoms with E-state index in [-0.39, 0.29) is 0 Å². The van der Waals surface area contributed by atoms with Crippen LogP contribution >= 0.6 is 0 Å². The number of hydrogen-bond donors (Lipinski definition) is 1. The first-order valence-corrected chi connectivity index (χ1v) is 10.3. The van der Waals surface area contributed by atoms with Crippen LogP contribution in [-0.2, 0) is 22.7 Å². The quantitative estimate of drug-likeness (QED) is 0.703. The van der Waals surface area contributed by atoms with Gasteiger partial charge in [0.1, 0.15) is 5.82 Å². The van der Waals surface area contributed by atoms with E-state index in [4.69, 9.17) is 5.73 Å². The SMILES string of the molecule is CC(C)S(=O)(=O)c1ccc(-c2cnc(N)c(CCc3ccncc3)n2)cc1. The van der Waals surface area contributed by atoms with Crippen molar-refractivity contribution in [2.24, 2.45) is 0 Å². The summed E-state index contributed by atoms with van der Waals surface area (Å²) in [5.41, 5.74) is 9.33. The molecule has 0 atom stereocenters. The molecular weight excluding hydrogens is 360 g/mol. The van der Waals surface area contributed by atoms with E-state index in [0.717, 1.165) is 23.2 Å². The van der Waals surface area contributed by atoms with Crippen molar-refractivity contribution in [3.8, 4) is 11.3 Å². The van der Waals surface area contributed by atoms with E-state index in [9.17, 15) is 8.42 Å². The molecule has 0 aliphatic rings. The van der Waals surface area contributed by atoms with Crippen molar-refractivity contribution in [2.45, 2.75) is 36.8 Å². The first-order valence-electron chi connectivity index (χ1n) is 8.72. The highest BCUT2D eigenvalue weighted by Gasteiger charge is 2.19. The Morgan fingerprint density at radius 3 is 2.30 bits per heavy atom. The zero-order valence-corrected chi connectivity index (χ0v) is 16.1. The van der Waals surface area contributed by atoms with Gasteiger partial charge in [-0.25, -0.2) is 18.4 Å². The molecule has 0 unspecified atom stereocenters. The normalized spacial score (nSPS) is 11.7. The molecule has 3 rings (SSSR count). The Morgan fingerprint density at radius 2 is 1.67 bits per heavy atom. The minimum atomic E-state index is -3.29. The van der Waals surface area contributed by atoms with Crippen molar-refractivity contribution in [1.82, 2.24) is 15.0 Å². The molecule has 6 nitrogen and oxygen atoms in total. The third-order valence-corrected chi connectivity index (χ3v) is 6.55. The van der Waals surface area contributed by atoms with Gasteiger partial charge in [0.2, 0.25) is 0 Å². The summed E-state index contributed by atoms with van der Waals surface area (Å²) in [4.78, 5) is 13.2. The largest absolute Gasteiger partial charge is 0.382 e. The molecule has 0 fully saturated rings. The van der Waals surface area contributed by atoms with Crippen LogP contribution in [0.2, 0.25) is 0 Å². The highest BCUT2D eigenvalue weighted by atomic mass is 32.2. The molecule has 0 spiro atoms. The summed E-state index contributed by atoms with van der Waals surface area (Å²) in [5, 5.41) is -0.459. The number of nitrogens with two attached hydrogens (primary N) is 1. The molecule has 2 aromatic heterocycles. The number of sulfone groups is 1. The predicted molar refractivity (Wildman–Crippen MR) is 106 cm³/mol. The van der Waals surface area contributed by atoms with Crippen LogP contribution < -0.4 is 5.73 Å². The number of aryl methyl sites for hydroxylation is 2. The monoisotopic (exact) mass is 382 g/mol. The van der Waals surface area contributed by atoms with Crippen molar-refractivity contribution >= 4 is 15.7 Å². The van der Waals surface area contributed by atoms with Gasteiger partial charge in [-0.1, -0.05) is 12.1 Å². The molecule has 0 amide bonds. The number of benzene rings is 1. The lowest BCUT2D eigenvalue weighted by molar-refractivity contribution is 0.587.